The van der Waals surface area contributed by atoms with Gasteiger partial charge in [-0.2, -0.15) is 0 Å². The normalized spacial score (nSPS) is 20.1. The minimum Gasteiger partial charge on any atom is -0.356 e. The zero-order valence-electron chi connectivity index (χ0n) is 15.4. The number of amides is 1. The number of fused-ring (bicyclic) bond motifs is 4. The smallest absolute Gasteiger partial charge is 0.250 e. The molecule has 2 bridgehead atoms. The number of nitrogens with zero attached hydrogens (tertiary/aromatic N) is 2. The van der Waals surface area contributed by atoms with Crippen molar-refractivity contribution in [3.63, 3.8) is 0 Å². The monoisotopic (exact) mass is 467 g/mol. The molecule has 4 rings (SSSR count). The second-order valence-corrected chi connectivity index (χ2v) is 9.78. The molecule has 3 heterocycles. The molecule has 152 valence electrons. The van der Waals surface area contributed by atoms with Crippen LogP contribution in [0.3, 0.4) is 0 Å². The standard InChI is InChI=1S/C20H19Cl2N3O2S2/c21-14-4-5-15(22)16(7-14)23-18(26)11-29-20(28)24-8-12-6-13(10-24)17-2-1-3-19(27)25(17)9-12/h1-5,7,12-13H,6,8-11H2,(H,23,26)/t12-,13+/m1/s1. The number of hydrogen-bond acceptors (Lipinski definition) is 4. The zero-order chi connectivity index (χ0) is 20.5. The Labute approximate surface area is 188 Å². The number of thioether (sulfide) groups is 1. The van der Waals surface area contributed by atoms with Gasteiger partial charge in [0, 0.05) is 42.3 Å². The first kappa shape index (κ1) is 20.7. The van der Waals surface area contributed by atoms with E-state index in [1.807, 2.05) is 16.7 Å². The van der Waals surface area contributed by atoms with Crippen molar-refractivity contribution in [3.8, 4) is 0 Å². The number of pyridine rings is 1. The van der Waals surface area contributed by atoms with E-state index in [4.69, 9.17) is 35.4 Å². The van der Waals surface area contributed by atoms with Crippen LogP contribution in [0.1, 0.15) is 18.0 Å². The molecule has 0 unspecified atom stereocenters. The van der Waals surface area contributed by atoms with Gasteiger partial charge in [-0.1, -0.05) is 53.2 Å². The van der Waals surface area contributed by atoms with Crippen LogP contribution >= 0.6 is 47.2 Å². The number of rotatable bonds is 3. The molecule has 0 radical (unpaired) electrons. The van der Waals surface area contributed by atoms with Gasteiger partial charge < -0.3 is 14.8 Å². The van der Waals surface area contributed by atoms with E-state index in [0.29, 0.717) is 26.0 Å². The van der Waals surface area contributed by atoms with Crippen LogP contribution < -0.4 is 10.9 Å². The lowest BCUT2D eigenvalue weighted by Gasteiger charge is -2.43. The van der Waals surface area contributed by atoms with E-state index in [-0.39, 0.29) is 23.1 Å². The van der Waals surface area contributed by atoms with Crippen LogP contribution in [0.25, 0.3) is 0 Å². The maximum atomic E-state index is 12.3. The van der Waals surface area contributed by atoms with Crippen LogP contribution in [0.4, 0.5) is 5.69 Å². The van der Waals surface area contributed by atoms with Gasteiger partial charge >= 0.3 is 0 Å². The van der Waals surface area contributed by atoms with Crippen LogP contribution in [-0.2, 0) is 11.3 Å². The molecule has 1 N–H and O–H groups in total. The quantitative estimate of drug-likeness (QED) is 0.684. The van der Waals surface area contributed by atoms with Gasteiger partial charge in [-0.05, 0) is 36.6 Å². The van der Waals surface area contributed by atoms with Crippen molar-refractivity contribution in [2.75, 3.05) is 24.2 Å². The van der Waals surface area contributed by atoms with Gasteiger partial charge in [0.15, 0.2) is 0 Å². The Morgan fingerprint density at radius 2 is 2.03 bits per heavy atom. The number of anilines is 1. The van der Waals surface area contributed by atoms with Gasteiger partial charge in [-0.25, -0.2) is 0 Å². The third-order valence-electron chi connectivity index (χ3n) is 5.27. The van der Waals surface area contributed by atoms with E-state index >= 15 is 0 Å². The summed E-state index contributed by atoms with van der Waals surface area (Å²) >= 11 is 19.0. The Balaban J connectivity index is 1.36. The average molecular weight is 468 g/mol. The Bertz CT molecular complexity index is 1030. The van der Waals surface area contributed by atoms with E-state index in [1.54, 1.807) is 24.3 Å². The number of carbonyl (C=O) groups is 1. The van der Waals surface area contributed by atoms with Crippen molar-refractivity contribution < 1.29 is 4.79 Å². The molecule has 2 atom stereocenters. The first-order valence-corrected chi connectivity index (χ1v) is 11.4. The fourth-order valence-corrected chi connectivity index (χ4v) is 5.36. The molecule has 5 nitrogen and oxygen atoms in total. The van der Waals surface area contributed by atoms with Gasteiger partial charge in [0.2, 0.25) is 5.91 Å². The number of halogens is 2. The summed E-state index contributed by atoms with van der Waals surface area (Å²) in [6.45, 7) is 2.31. The Morgan fingerprint density at radius 1 is 1.21 bits per heavy atom. The van der Waals surface area contributed by atoms with E-state index in [9.17, 15) is 9.59 Å². The molecule has 29 heavy (non-hydrogen) atoms. The maximum absolute atomic E-state index is 12.3. The fraction of sp³-hybridized carbons (Fsp3) is 0.350. The summed E-state index contributed by atoms with van der Waals surface area (Å²) in [6.07, 6.45) is 1.07. The van der Waals surface area contributed by atoms with E-state index < -0.39 is 0 Å². The number of likely N-dealkylation sites (tertiary alicyclic amines) is 1. The molecule has 1 amide bonds. The number of aromatic nitrogens is 1. The summed E-state index contributed by atoms with van der Waals surface area (Å²) in [5.41, 5.74) is 1.64. The van der Waals surface area contributed by atoms with Gasteiger partial charge in [0.1, 0.15) is 4.32 Å². The van der Waals surface area contributed by atoms with Crippen LogP contribution in [0.2, 0.25) is 10.0 Å². The van der Waals surface area contributed by atoms with Gasteiger partial charge in [0.25, 0.3) is 5.56 Å². The van der Waals surface area contributed by atoms with Crippen LogP contribution in [0, 0.1) is 5.92 Å². The summed E-state index contributed by atoms with van der Waals surface area (Å²) in [5.74, 6) is 0.687. The first-order valence-electron chi connectivity index (χ1n) is 9.27. The molecular formula is C20H19Cl2N3O2S2. The Hall–Kier alpha value is -1.54. The molecule has 2 aromatic rings. The first-order chi connectivity index (χ1) is 13.9. The number of nitrogens with one attached hydrogen (secondary N) is 1. The second-order valence-electron chi connectivity index (χ2n) is 7.33. The summed E-state index contributed by atoms with van der Waals surface area (Å²) in [5, 5.41) is 3.72. The highest BCUT2D eigenvalue weighted by Gasteiger charge is 2.35. The van der Waals surface area contributed by atoms with Crippen molar-refractivity contribution in [1.82, 2.24) is 9.47 Å². The number of carbonyl (C=O) groups excluding carboxylic acids is 1. The molecular weight excluding hydrogens is 449 g/mol. The lowest BCUT2D eigenvalue weighted by molar-refractivity contribution is -0.113. The molecule has 9 heteroatoms. The van der Waals surface area contributed by atoms with Crippen molar-refractivity contribution >= 4 is 63.1 Å². The summed E-state index contributed by atoms with van der Waals surface area (Å²) < 4.78 is 2.60. The summed E-state index contributed by atoms with van der Waals surface area (Å²) in [6, 6.07) is 10.4. The largest absolute Gasteiger partial charge is 0.356 e. The highest BCUT2D eigenvalue weighted by molar-refractivity contribution is 8.23. The number of hydrogen-bond donors (Lipinski definition) is 1. The minimum atomic E-state index is -0.185. The van der Waals surface area contributed by atoms with Crippen LogP contribution in [-0.4, -0.2) is 38.5 Å². The van der Waals surface area contributed by atoms with Crippen molar-refractivity contribution in [3.05, 3.63) is 62.5 Å². The van der Waals surface area contributed by atoms with Crippen LogP contribution in [0.15, 0.2) is 41.2 Å². The molecule has 1 saturated heterocycles. The van der Waals surface area contributed by atoms with Crippen molar-refractivity contribution in [2.45, 2.75) is 18.9 Å². The molecule has 2 aliphatic rings. The maximum Gasteiger partial charge on any atom is 0.250 e. The Morgan fingerprint density at radius 3 is 2.86 bits per heavy atom. The van der Waals surface area contributed by atoms with Gasteiger partial charge in [-0.15, -0.1) is 0 Å². The predicted octanol–water partition coefficient (Wildman–Crippen LogP) is 4.23. The Kier molecular flexibility index (Phi) is 6.20. The molecule has 0 aliphatic carbocycles. The van der Waals surface area contributed by atoms with Crippen molar-refractivity contribution in [1.29, 1.82) is 0 Å². The average Bonchev–Trinajstić information content (AvgIpc) is 2.69. The van der Waals surface area contributed by atoms with E-state index in [0.717, 1.165) is 31.7 Å². The third kappa shape index (κ3) is 4.63. The molecule has 0 saturated carbocycles. The van der Waals surface area contributed by atoms with E-state index in [1.165, 1.54) is 11.8 Å². The predicted molar refractivity (Wildman–Crippen MR) is 123 cm³/mol. The lowest BCUT2D eigenvalue weighted by Crippen LogP contribution is -2.48. The molecule has 2 aliphatic heterocycles. The third-order valence-corrected chi connectivity index (χ3v) is 7.36. The zero-order valence-corrected chi connectivity index (χ0v) is 18.6. The van der Waals surface area contributed by atoms with Crippen molar-refractivity contribution in [2.24, 2.45) is 5.92 Å². The van der Waals surface area contributed by atoms with Crippen LogP contribution in [0.5, 0.6) is 0 Å². The number of benzene rings is 1. The topological polar surface area (TPSA) is 54.3 Å². The van der Waals surface area contributed by atoms with Gasteiger partial charge in [0.05, 0.1) is 16.5 Å². The summed E-state index contributed by atoms with van der Waals surface area (Å²) in [4.78, 5) is 26.6. The lowest BCUT2D eigenvalue weighted by atomic mass is 9.83. The SMILES string of the molecule is O=C(CSC(=S)N1C[C@H]2C[C@@H](C1)c1cccc(=O)n1C2)Nc1cc(Cl)ccc1Cl. The highest BCUT2D eigenvalue weighted by Crippen LogP contribution is 2.36. The molecule has 1 fully saturated rings. The molecule has 1 aromatic carbocycles. The summed E-state index contributed by atoms with van der Waals surface area (Å²) in [7, 11) is 0. The number of thiocarbonyl (C=S) groups is 1. The number of piperidine rings is 1. The fourth-order valence-electron chi connectivity index (χ4n) is 4.04. The molecule has 1 aromatic heterocycles. The van der Waals surface area contributed by atoms with E-state index in [2.05, 4.69) is 10.2 Å². The van der Waals surface area contributed by atoms with Gasteiger partial charge in [-0.3, -0.25) is 9.59 Å². The second kappa shape index (κ2) is 8.68. The minimum absolute atomic E-state index is 0.0685. The highest BCUT2D eigenvalue weighted by atomic mass is 35.5. The molecule has 0 spiro atoms.